The van der Waals surface area contributed by atoms with Crippen LogP contribution >= 0.6 is 35.3 Å². The van der Waals surface area contributed by atoms with Crippen molar-refractivity contribution in [2.75, 3.05) is 23.9 Å². The Kier molecular flexibility index (Phi) is 12.8. The van der Waals surface area contributed by atoms with Crippen LogP contribution in [0.25, 0.3) is 6.08 Å². The van der Waals surface area contributed by atoms with Crippen LogP contribution in [0, 0.1) is 0 Å². The van der Waals surface area contributed by atoms with Crippen molar-refractivity contribution in [1.29, 1.82) is 0 Å². The zero-order chi connectivity index (χ0) is 20.1. The molecule has 0 unspecified atom stereocenters. The standard InChI is InChI=1S/C18H26N2O2S3.C2H6/c1-19-18(21)17(24-12-23-2)11-13-10-14(20-22)8-9-16(13)25-15-6-4-3-5-7-15;1-2/h8-11,15,20,22H,3-7,12H2,1-2H3,(H,19,21);1-2H3/b17-11-;. The van der Waals surface area contributed by atoms with Crippen molar-refractivity contribution in [1.82, 2.24) is 5.32 Å². The summed E-state index contributed by atoms with van der Waals surface area (Å²) in [4.78, 5) is 14.1. The Morgan fingerprint density at radius 2 is 1.96 bits per heavy atom. The minimum atomic E-state index is -0.0740. The van der Waals surface area contributed by atoms with Crippen LogP contribution in [0.15, 0.2) is 28.0 Å². The number of benzene rings is 1. The molecule has 27 heavy (non-hydrogen) atoms. The van der Waals surface area contributed by atoms with Crippen molar-refractivity contribution in [2.24, 2.45) is 0 Å². The smallest absolute Gasteiger partial charge is 0.257 e. The highest BCUT2D eigenvalue weighted by Gasteiger charge is 2.17. The van der Waals surface area contributed by atoms with Gasteiger partial charge in [-0.05, 0) is 48.9 Å². The lowest BCUT2D eigenvalue weighted by Gasteiger charge is -2.22. The van der Waals surface area contributed by atoms with Gasteiger partial charge in [0.05, 0.1) is 10.6 Å². The molecule has 0 aromatic heterocycles. The van der Waals surface area contributed by atoms with E-state index in [1.54, 1.807) is 18.8 Å². The molecule has 1 amide bonds. The summed E-state index contributed by atoms with van der Waals surface area (Å²) in [6.07, 6.45) is 10.4. The van der Waals surface area contributed by atoms with Crippen molar-refractivity contribution < 1.29 is 10.0 Å². The maximum atomic E-state index is 12.2. The molecule has 0 saturated heterocycles. The largest absolute Gasteiger partial charge is 0.355 e. The summed E-state index contributed by atoms with van der Waals surface area (Å²) in [5, 5.41) is 13.4. The van der Waals surface area contributed by atoms with E-state index in [1.807, 2.05) is 56.1 Å². The second kappa shape index (κ2) is 14.3. The van der Waals surface area contributed by atoms with Gasteiger partial charge in [0.2, 0.25) is 0 Å². The molecular weight excluding hydrogens is 396 g/mol. The van der Waals surface area contributed by atoms with E-state index in [-0.39, 0.29) is 5.91 Å². The molecule has 152 valence electrons. The first-order valence-corrected chi connectivity index (χ1v) is 12.7. The zero-order valence-corrected chi connectivity index (χ0v) is 19.2. The second-order valence-electron chi connectivity index (χ2n) is 5.88. The summed E-state index contributed by atoms with van der Waals surface area (Å²) < 4.78 is 0. The van der Waals surface area contributed by atoms with Gasteiger partial charge < -0.3 is 5.32 Å². The Morgan fingerprint density at radius 1 is 1.26 bits per heavy atom. The number of rotatable bonds is 8. The van der Waals surface area contributed by atoms with E-state index >= 15 is 0 Å². The summed E-state index contributed by atoms with van der Waals surface area (Å²) in [6.45, 7) is 4.00. The van der Waals surface area contributed by atoms with Crippen molar-refractivity contribution >= 4 is 53.0 Å². The van der Waals surface area contributed by atoms with Gasteiger partial charge in [-0.25, -0.2) is 0 Å². The van der Waals surface area contributed by atoms with Gasteiger partial charge in [0.1, 0.15) is 0 Å². The Labute approximate surface area is 176 Å². The van der Waals surface area contributed by atoms with Gasteiger partial charge in [0.15, 0.2) is 0 Å². The number of anilines is 1. The van der Waals surface area contributed by atoms with E-state index in [0.29, 0.717) is 15.8 Å². The first-order chi connectivity index (χ1) is 13.2. The highest BCUT2D eigenvalue weighted by Crippen LogP contribution is 2.37. The summed E-state index contributed by atoms with van der Waals surface area (Å²) in [6, 6.07) is 5.80. The van der Waals surface area contributed by atoms with Gasteiger partial charge >= 0.3 is 0 Å². The molecule has 1 saturated carbocycles. The Balaban J connectivity index is 0.00000176. The third kappa shape index (κ3) is 8.42. The van der Waals surface area contributed by atoms with Crippen LogP contribution in [0.1, 0.15) is 51.5 Å². The van der Waals surface area contributed by atoms with Crippen molar-refractivity contribution in [3.63, 3.8) is 0 Å². The van der Waals surface area contributed by atoms with Crippen molar-refractivity contribution in [2.45, 2.75) is 56.1 Å². The molecule has 7 heteroatoms. The predicted molar refractivity (Wildman–Crippen MR) is 124 cm³/mol. The van der Waals surface area contributed by atoms with Crippen LogP contribution in [0.3, 0.4) is 0 Å². The van der Waals surface area contributed by atoms with Crippen LogP contribution < -0.4 is 10.8 Å². The first kappa shape index (κ1) is 24.3. The number of likely N-dealkylation sites (N-methyl/N-ethyl adjacent to an activating group) is 1. The van der Waals surface area contributed by atoms with E-state index in [9.17, 15) is 10.0 Å². The molecule has 1 aromatic rings. The number of thioether (sulfide) groups is 3. The minimum Gasteiger partial charge on any atom is -0.355 e. The number of nitrogens with one attached hydrogen (secondary N) is 2. The summed E-state index contributed by atoms with van der Waals surface area (Å²) in [5.41, 5.74) is 3.81. The highest BCUT2D eigenvalue weighted by atomic mass is 32.2. The highest BCUT2D eigenvalue weighted by molar-refractivity contribution is 8.18. The molecule has 0 bridgehead atoms. The van der Waals surface area contributed by atoms with Gasteiger partial charge in [-0.15, -0.1) is 23.5 Å². The fourth-order valence-corrected chi connectivity index (χ4v) is 5.51. The quantitative estimate of drug-likeness (QED) is 0.265. The molecule has 1 aliphatic rings. The Hall–Kier alpha value is -0.760. The van der Waals surface area contributed by atoms with Gasteiger partial charge in [-0.3, -0.25) is 15.5 Å². The molecule has 2 rings (SSSR count). The van der Waals surface area contributed by atoms with E-state index in [4.69, 9.17) is 0 Å². The van der Waals surface area contributed by atoms with Crippen molar-refractivity contribution in [3.8, 4) is 0 Å². The topological polar surface area (TPSA) is 61.4 Å². The monoisotopic (exact) mass is 428 g/mol. The number of carbonyl (C=O) groups excluding carboxylic acids is 1. The third-order valence-corrected chi connectivity index (χ3v) is 7.51. The Bertz CT molecular complexity index is 603. The van der Waals surface area contributed by atoms with Gasteiger partial charge in [0.25, 0.3) is 5.91 Å². The average molecular weight is 429 g/mol. The summed E-state index contributed by atoms with van der Waals surface area (Å²) in [7, 11) is 1.65. The summed E-state index contributed by atoms with van der Waals surface area (Å²) in [5.74, 6) is -0.0740. The van der Waals surface area contributed by atoms with Crippen LogP contribution in [0.4, 0.5) is 5.69 Å². The second-order valence-corrected chi connectivity index (χ2v) is 9.47. The number of hydrogen-bond acceptors (Lipinski definition) is 6. The van der Waals surface area contributed by atoms with Crippen LogP contribution in [-0.2, 0) is 4.79 Å². The van der Waals surface area contributed by atoms with E-state index in [1.165, 1.54) is 43.9 Å². The molecule has 0 spiro atoms. The normalized spacial score (nSPS) is 14.9. The van der Waals surface area contributed by atoms with Crippen molar-refractivity contribution in [3.05, 3.63) is 28.7 Å². The van der Waals surface area contributed by atoms with Gasteiger partial charge in [-0.1, -0.05) is 33.1 Å². The molecule has 1 fully saturated rings. The van der Waals surface area contributed by atoms with E-state index in [0.717, 1.165) is 15.5 Å². The molecule has 0 atom stereocenters. The third-order valence-electron chi connectivity index (χ3n) is 4.05. The zero-order valence-electron chi connectivity index (χ0n) is 16.7. The lowest BCUT2D eigenvalue weighted by molar-refractivity contribution is -0.116. The lowest BCUT2D eigenvalue weighted by atomic mass is 10.0. The predicted octanol–water partition coefficient (Wildman–Crippen LogP) is 6.08. The average Bonchev–Trinajstić information content (AvgIpc) is 2.73. The number of amides is 1. The fourth-order valence-electron chi connectivity index (χ4n) is 2.76. The fraction of sp³-hybridized carbons (Fsp3) is 0.550. The van der Waals surface area contributed by atoms with Crippen LogP contribution in [0.5, 0.6) is 0 Å². The molecule has 1 aromatic carbocycles. The molecule has 0 aliphatic heterocycles. The summed E-state index contributed by atoms with van der Waals surface area (Å²) >= 11 is 5.13. The molecule has 1 aliphatic carbocycles. The van der Waals surface area contributed by atoms with Crippen LogP contribution in [0.2, 0.25) is 0 Å². The SMILES string of the molecule is CC.CNC(=O)/C(=C/c1cc(NO)ccc1SC1CCCCC1)SCSC. The number of carbonyl (C=O) groups is 1. The molecule has 3 N–H and O–H groups in total. The first-order valence-electron chi connectivity index (χ1n) is 9.44. The minimum absolute atomic E-state index is 0.0740. The van der Waals surface area contributed by atoms with Crippen LogP contribution in [-0.4, -0.2) is 34.8 Å². The van der Waals surface area contributed by atoms with Gasteiger partial charge in [-0.2, -0.15) is 11.8 Å². The van der Waals surface area contributed by atoms with E-state index < -0.39 is 0 Å². The van der Waals surface area contributed by atoms with Gasteiger partial charge in [0, 0.05) is 22.3 Å². The maximum absolute atomic E-state index is 12.2. The van der Waals surface area contributed by atoms with E-state index in [2.05, 4.69) is 10.8 Å². The molecular formula is C20H32N2O2S3. The lowest BCUT2D eigenvalue weighted by Crippen LogP contribution is -2.18. The Morgan fingerprint density at radius 3 is 2.56 bits per heavy atom. The molecule has 0 radical (unpaired) electrons. The number of hydrogen-bond donors (Lipinski definition) is 3. The molecule has 0 heterocycles. The molecule has 4 nitrogen and oxygen atoms in total. The maximum Gasteiger partial charge on any atom is 0.257 e.